The molecule has 1 aromatic carbocycles. The van der Waals surface area contributed by atoms with E-state index in [2.05, 4.69) is 6.92 Å². The van der Waals surface area contributed by atoms with Crippen molar-refractivity contribution in [2.24, 2.45) is 0 Å². The molecule has 0 aliphatic rings. The van der Waals surface area contributed by atoms with Crippen molar-refractivity contribution in [1.82, 2.24) is 0 Å². The molecular formula is C15H28O2. The number of hydrogen-bond acceptors (Lipinski definition) is 2. The van der Waals surface area contributed by atoms with E-state index >= 15 is 0 Å². The van der Waals surface area contributed by atoms with Crippen LogP contribution in [-0.2, 0) is 6.42 Å². The molecule has 100 valence electrons. The lowest BCUT2D eigenvalue weighted by Gasteiger charge is -2.05. The van der Waals surface area contributed by atoms with Gasteiger partial charge in [0.15, 0.2) is 11.5 Å². The van der Waals surface area contributed by atoms with Crippen LogP contribution >= 0.6 is 0 Å². The predicted molar refractivity (Wildman–Crippen MR) is 75.8 cm³/mol. The van der Waals surface area contributed by atoms with E-state index in [4.69, 9.17) is 0 Å². The second-order valence-corrected chi connectivity index (χ2v) is 3.38. The van der Waals surface area contributed by atoms with Crippen LogP contribution in [0, 0.1) is 6.92 Å². The molecule has 0 unspecified atom stereocenters. The molecule has 0 aromatic heterocycles. The minimum atomic E-state index is -0.00824. The van der Waals surface area contributed by atoms with Crippen LogP contribution in [0.1, 0.15) is 58.6 Å². The second-order valence-electron chi connectivity index (χ2n) is 3.38. The Hall–Kier alpha value is -1.18. The number of rotatable bonds is 3. The first-order valence-corrected chi connectivity index (χ1v) is 6.66. The van der Waals surface area contributed by atoms with Crippen LogP contribution in [0.4, 0.5) is 0 Å². The van der Waals surface area contributed by atoms with Crippen LogP contribution < -0.4 is 0 Å². The van der Waals surface area contributed by atoms with Crippen molar-refractivity contribution in [3.8, 4) is 11.5 Å². The van der Waals surface area contributed by atoms with Gasteiger partial charge in [-0.25, -0.2) is 0 Å². The largest absolute Gasteiger partial charge is 0.504 e. The zero-order valence-electron chi connectivity index (χ0n) is 12.2. The highest BCUT2D eigenvalue weighted by Crippen LogP contribution is 2.30. The maximum atomic E-state index is 9.33. The predicted octanol–water partition coefficient (Wildman–Crippen LogP) is 4.80. The molecule has 1 rings (SSSR count). The Labute approximate surface area is 106 Å². The molecule has 0 amide bonds. The molecule has 2 N–H and O–H groups in total. The SMILES string of the molecule is CC.CC.CCCCc1cc(C)c(O)c(O)c1. The molecular weight excluding hydrogens is 212 g/mol. The van der Waals surface area contributed by atoms with Crippen LogP contribution in [0.25, 0.3) is 0 Å². The average Bonchev–Trinajstić information content (AvgIpc) is 2.38. The highest BCUT2D eigenvalue weighted by atomic mass is 16.3. The van der Waals surface area contributed by atoms with E-state index in [1.54, 1.807) is 13.0 Å². The Morgan fingerprint density at radius 3 is 1.94 bits per heavy atom. The summed E-state index contributed by atoms with van der Waals surface area (Å²) in [7, 11) is 0. The number of phenolic OH excluding ortho intramolecular Hbond substituents is 2. The molecule has 2 nitrogen and oxygen atoms in total. The lowest BCUT2D eigenvalue weighted by Crippen LogP contribution is -1.86. The molecule has 0 saturated heterocycles. The van der Waals surface area contributed by atoms with Crippen molar-refractivity contribution < 1.29 is 10.2 Å². The summed E-state index contributed by atoms with van der Waals surface area (Å²) in [6.45, 7) is 11.9. The Kier molecular flexibility index (Phi) is 12.1. The molecule has 0 radical (unpaired) electrons. The molecule has 0 aliphatic carbocycles. The maximum Gasteiger partial charge on any atom is 0.160 e. The minimum absolute atomic E-state index is 0.000230. The first kappa shape index (κ1) is 18.2. The minimum Gasteiger partial charge on any atom is -0.504 e. The van der Waals surface area contributed by atoms with E-state index in [-0.39, 0.29) is 11.5 Å². The summed E-state index contributed by atoms with van der Waals surface area (Å²) < 4.78 is 0. The molecule has 0 fully saturated rings. The van der Waals surface area contributed by atoms with Crippen molar-refractivity contribution in [3.63, 3.8) is 0 Å². The van der Waals surface area contributed by atoms with Crippen molar-refractivity contribution >= 4 is 0 Å². The van der Waals surface area contributed by atoms with E-state index in [0.29, 0.717) is 0 Å². The van der Waals surface area contributed by atoms with Crippen molar-refractivity contribution in [3.05, 3.63) is 23.3 Å². The molecule has 0 spiro atoms. The summed E-state index contributed by atoms with van der Waals surface area (Å²) in [5.41, 5.74) is 1.83. The van der Waals surface area contributed by atoms with Gasteiger partial charge in [0, 0.05) is 0 Å². The summed E-state index contributed by atoms with van der Waals surface area (Å²) in [4.78, 5) is 0. The van der Waals surface area contributed by atoms with Gasteiger partial charge in [-0.2, -0.15) is 0 Å². The van der Waals surface area contributed by atoms with Crippen LogP contribution in [0.15, 0.2) is 12.1 Å². The topological polar surface area (TPSA) is 40.5 Å². The summed E-state index contributed by atoms with van der Waals surface area (Å²) >= 11 is 0. The van der Waals surface area contributed by atoms with Crippen LogP contribution in [-0.4, -0.2) is 10.2 Å². The molecule has 0 atom stereocenters. The van der Waals surface area contributed by atoms with Gasteiger partial charge < -0.3 is 10.2 Å². The monoisotopic (exact) mass is 240 g/mol. The first-order valence-electron chi connectivity index (χ1n) is 6.66. The summed E-state index contributed by atoms with van der Waals surface area (Å²) in [6.07, 6.45) is 3.22. The van der Waals surface area contributed by atoms with E-state index < -0.39 is 0 Å². The van der Waals surface area contributed by atoms with Crippen molar-refractivity contribution in [1.29, 1.82) is 0 Å². The van der Waals surface area contributed by atoms with Crippen LogP contribution in [0.5, 0.6) is 11.5 Å². The molecule has 0 aliphatic heterocycles. The van der Waals surface area contributed by atoms with E-state index in [1.807, 2.05) is 33.8 Å². The van der Waals surface area contributed by atoms with Gasteiger partial charge in [0.2, 0.25) is 0 Å². The molecule has 17 heavy (non-hydrogen) atoms. The fourth-order valence-corrected chi connectivity index (χ4v) is 1.36. The number of aryl methyl sites for hydroxylation is 2. The maximum absolute atomic E-state index is 9.33. The highest BCUT2D eigenvalue weighted by molar-refractivity contribution is 5.46. The quantitative estimate of drug-likeness (QED) is 0.745. The van der Waals surface area contributed by atoms with Gasteiger partial charge in [0.1, 0.15) is 0 Å². The summed E-state index contributed by atoms with van der Waals surface area (Å²) in [5, 5.41) is 18.6. The Morgan fingerprint density at radius 1 is 1.00 bits per heavy atom. The average molecular weight is 240 g/mol. The van der Waals surface area contributed by atoms with E-state index in [1.165, 1.54) is 0 Å². The van der Waals surface area contributed by atoms with Gasteiger partial charge in [-0.05, 0) is 37.0 Å². The van der Waals surface area contributed by atoms with Crippen LogP contribution in [0.2, 0.25) is 0 Å². The molecule has 0 heterocycles. The third kappa shape index (κ3) is 6.88. The van der Waals surface area contributed by atoms with E-state index in [0.717, 1.165) is 30.4 Å². The molecule has 2 heteroatoms. The number of unbranched alkanes of at least 4 members (excludes halogenated alkanes) is 1. The van der Waals surface area contributed by atoms with Gasteiger partial charge in [0.25, 0.3) is 0 Å². The number of phenols is 2. The lowest BCUT2D eigenvalue weighted by molar-refractivity contribution is 0.400. The normalized spacial score (nSPS) is 8.59. The number of aromatic hydroxyl groups is 2. The molecule has 1 aromatic rings. The second kappa shape index (κ2) is 11.3. The van der Waals surface area contributed by atoms with Gasteiger partial charge in [-0.15, -0.1) is 0 Å². The number of hydrogen-bond donors (Lipinski definition) is 2. The summed E-state index contributed by atoms with van der Waals surface area (Å²) in [6, 6.07) is 3.56. The van der Waals surface area contributed by atoms with Gasteiger partial charge >= 0.3 is 0 Å². The summed E-state index contributed by atoms with van der Waals surface area (Å²) in [5.74, 6) is -0.00801. The third-order valence-electron chi connectivity index (χ3n) is 2.16. The standard InChI is InChI=1S/C11H16O2.2C2H6/c1-3-4-5-9-6-8(2)11(13)10(12)7-9;2*1-2/h6-7,12-13H,3-5H2,1-2H3;2*1-2H3. The Bertz CT molecular complexity index is 270. The molecule has 0 bridgehead atoms. The zero-order chi connectivity index (χ0) is 13.8. The Morgan fingerprint density at radius 2 is 1.53 bits per heavy atom. The third-order valence-corrected chi connectivity index (χ3v) is 2.16. The van der Waals surface area contributed by atoms with Crippen molar-refractivity contribution in [2.75, 3.05) is 0 Å². The van der Waals surface area contributed by atoms with Gasteiger partial charge in [-0.3, -0.25) is 0 Å². The fraction of sp³-hybridized carbons (Fsp3) is 0.600. The van der Waals surface area contributed by atoms with Gasteiger partial charge in [0.05, 0.1) is 0 Å². The van der Waals surface area contributed by atoms with Crippen molar-refractivity contribution in [2.45, 2.75) is 60.8 Å². The van der Waals surface area contributed by atoms with E-state index in [9.17, 15) is 10.2 Å². The molecule has 0 saturated carbocycles. The zero-order valence-corrected chi connectivity index (χ0v) is 12.2. The first-order chi connectivity index (χ1) is 8.15. The van der Waals surface area contributed by atoms with Gasteiger partial charge in [-0.1, -0.05) is 47.1 Å². The van der Waals surface area contributed by atoms with Crippen LogP contribution in [0.3, 0.4) is 0 Å². The highest BCUT2D eigenvalue weighted by Gasteiger charge is 2.04. The number of benzene rings is 1. The fourth-order valence-electron chi connectivity index (χ4n) is 1.36. The lowest BCUT2D eigenvalue weighted by atomic mass is 10.0. The smallest absolute Gasteiger partial charge is 0.160 e. The Balaban J connectivity index is 0.